The lowest BCUT2D eigenvalue weighted by Crippen LogP contribution is -2.01. The summed E-state index contributed by atoms with van der Waals surface area (Å²) in [7, 11) is 1.62. The molecule has 0 bridgehead atoms. The number of nitrogens with zero attached hydrogens (tertiary/aromatic N) is 3. The molecule has 0 aliphatic carbocycles. The third-order valence-electron chi connectivity index (χ3n) is 3.13. The molecule has 2 rings (SSSR count). The third-order valence-corrected chi connectivity index (χ3v) is 3.13. The van der Waals surface area contributed by atoms with Crippen molar-refractivity contribution in [3.8, 4) is 11.6 Å². The van der Waals surface area contributed by atoms with Gasteiger partial charge in [0.25, 0.3) is 0 Å². The number of carbonyl (C=O) groups excluding carboxylic acids is 1. The van der Waals surface area contributed by atoms with Crippen molar-refractivity contribution in [2.24, 2.45) is 7.05 Å². The van der Waals surface area contributed by atoms with Gasteiger partial charge in [-0.2, -0.15) is 5.10 Å². The molecule has 0 radical (unpaired) electrons. The molecule has 7 nitrogen and oxygen atoms in total. The minimum atomic E-state index is -0.501. The van der Waals surface area contributed by atoms with Gasteiger partial charge >= 0.3 is 5.69 Å². The number of aryl methyl sites for hydroxylation is 4. The van der Waals surface area contributed by atoms with Gasteiger partial charge in [0.15, 0.2) is 6.29 Å². The SMILES string of the molecule is Cc1cc(C)c(Oc2c(C=O)c(C)nn2C)c([N+](=O)[O-])c1. The molecule has 2 aromatic rings. The van der Waals surface area contributed by atoms with Crippen molar-refractivity contribution in [3.05, 3.63) is 44.6 Å². The molecule has 1 aromatic carbocycles. The van der Waals surface area contributed by atoms with Crippen molar-refractivity contribution >= 4 is 12.0 Å². The zero-order chi connectivity index (χ0) is 15.7. The molecular formula is C14H15N3O4. The van der Waals surface area contributed by atoms with E-state index in [1.54, 1.807) is 33.9 Å². The second-order valence-electron chi connectivity index (χ2n) is 4.83. The highest BCUT2D eigenvalue weighted by Gasteiger charge is 2.23. The minimum absolute atomic E-state index is 0.122. The zero-order valence-electron chi connectivity index (χ0n) is 12.2. The molecule has 110 valence electrons. The lowest BCUT2D eigenvalue weighted by molar-refractivity contribution is -0.385. The van der Waals surface area contributed by atoms with Gasteiger partial charge in [0.05, 0.1) is 16.2 Å². The molecule has 0 saturated heterocycles. The number of aldehydes is 1. The van der Waals surface area contributed by atoms with Crippen molar-refractivity contribution in [1.29, 1.82) is 0 Å². The zero-order valence-corrected chi connectivity index (χ0v) is 12.2. The molecule has 0 amide bonds. The summed E-state index contributed by atoms with van der Waals surface area (Å²) in [4.78, 5) is 21.8. The highest BCUT2D eigenvalue weighted by molar-refractivity contribution is 5.80. The second-order valence-corrected chi connectivity index (χ2v) is 4.83. The smallest absolute Gasteiger partial charge is 0.312 e. The predicted molar refractivity (Wildman–Crippen MR) is 76.0 cm³/mol. The topological polar surface area (TPSA) is 87.3 Å². The van der Waals surface area contributed by atoms with Crippen LogP contribution in [0.5, 0.6) is 11.6 Å². The van der Waals surface area contributed by atoms with Gasteiger partial charge in [0, 0.05) is 13.1 Å². The van der Waals surface area contributed by atoms with Gasteiger partial charge in [0.2, 0.25) is 11.6 Å². The Labute approximate surface area is 121 Å². The van der Waals surface area contributed by atoms with Crippen LogP contribution in [0.15, 0.2) is 12.1 Å². The van der Waals surface area contributed by atoms with Crippen molar-refractivity contribution < 1.29 is 14.5 Å². The number of nitro groups is 1. The van der Waals surface area contributed by atoms with Crippen molar-refractivity contribution in [2.75, 3.05) is 0 Å². The summed E-state index contributed by atoms with van der Waals surface area (Å²) in [6.45, 7) is 5.17. The number of carbonyl (C=O) groups is 1. The number of hydrogen-bond acceptors (Lipinski definition) is 5. The molecule has 0 fully saturated rings. The van der Waals surface area contributed by atoms with Crippen LogP contribution in [0.3, 0.4) is 0 Å². The number of rotatable bonds is 4. The Morgan fingerprint density at radius 2 is 2.00 bits per heavy atom. The Kier molecular flexibility index (Phi) is 3.75. The maximum absolute atomic E-state index is 11.2. The maximum atomic E-state index is 11.2. The maximum Gasteiger partial charge on any atom is 0.312 e. The van der Waals surface area contributed by atoms with Crippen LogP contribution in [0.2, 0.25) is 0 Å². The Balaban J connectivity index is 2.59. The number of benzene rings is 1. The summed E-state index contributed by atoms with van der Waals surface area (Å²) in [6.07, 6.45) is 0.632. The second kappa shape index (κ2) is 5.35. The van der Waals surface area contributed by atoms with Gasteiger partial charge in [0.1, 0.15) is 0 Å². The first-order valence-corrected chi connectivity index (χ1v) is 6.27. The standard InChI is InChI=1S/C14H15N3O4/c1-8-5-9(2)13(12(6-8)17(19)20)21-14-11(7-18)10(3)15-16(14)4/h5-7H,1-4H3. The van der Waals surface area contributed by atoms with Gasteiger partial charge < -0.3 is 4.74 Å². The Bertz CT molecular complexity index is 734. The van der Waals surface area contributed by atoms with Crippen LogP contribution in [-0.4, -0.2) is 21.0 Å². The van der Waals surface area contributed by atoms with Gasteiger partial charge in [-0.15, -0.1) is 0 Å². The summed E-state index contributed by atoms with van der Waals surface area (Å²) in [5.41, 5.74) is 2.05. The predicted octanol–water partition coefficient (Wildman–Crippen LogP) is 2.86. The van der Waals surface area contributed by atoms with E-state index in [0.717, 1.165) is 5.56 Å². The summed E-state index contributed by atoms with van der Waals surface area (Å²) in [6, 6.07) is 3.22. The van der Waals surface area contributed by atoms with E-state index < -0.39 is 4.92 Å². The first-order valence-electron chi connectivity index (χ1n) is 6.27. The van der Waals surface area contributed by atoms with Gasteiger partial charge in [-0.05, 0) is 31.9 Å². The highest BCUT2D eigenvalue weighted by Crippen LogP contribution is 2.36. The first kappa shape index (κ1) is 14.7. The lowest BCUT2D eigenvalue weighted by Gasteiger charge is -2.10. The van der Waals surface area contributed by atoms with Crippen molar-refractivity contribution in [3.63, 3.8) is 0 Å². The number of ether oxygens (including phenoxy) is 1. The Morgan fingerprint density at radius 1 is 1.33 bits per heavy atom. The van der Waals surface area contributed by atoms with Crippen LogP contribution in [-0.2, 0) is 7.05 Å². The van der Waals surface area contributed by atoms with Crippen LogP contribution in [0, 0.1) is 30.9 Å². The molecule has 0 aliphatic rings. The average Bonchev–Trinajstić information content (AvgIpc) is 2.66. The minimum Gasteiger partial charge on any atom is -0.431 e. The van der Waals surface area contributed by atoms with Gasteiger partial charge in [-0.1, -0.05) is 6.07 Å². The molecular weight excluding hydrogens is 274 g/mol. The monoisotopic (exact) mass is 289 g/mol. The fourth-order valence-electron chi connectivity index (χ4n) is 2.21. The van der Waals surface area contributed by atoms with E-state index in [1.807, 2.05) is 0 Å². The molecule has 0 unspecified atom stereocenters. The summed E-state index contributed by atoms with van der Waals surface area (Å²) >= 11 is 0. The van der Waals surface area contributed by atoms with Crippen molar-refractivity contribution in [2.45, 2.75) is 20.8 Å². The molecule has 7 heteroatoms. The highest BCUT2D eigenvalue weighted by atomic mass is 16.6. The Hall–Kier alpha value is -2.70. The fourth-order valence-corrected chi connectivity index (χ4v) is 2.21. The van der Waals surface area contributed by atoms with Crippen LogP contribution >= 0.6 is 0 Å². The molecule has 0 N–H and O–H groups in total. The molecule has 0 spiro atoms. The van der Waals surface area contributed by atoms with Crippen LogP contribution in [0.4, 0.5) is 5.69 Å². The first-order chi connectivity index (χ1) is 9.85. The van der Waals surface area contributed by atoms with Gasteiger partial charge in [-0.3, -0.25) is 14.9 Å². The van der Waals surface area contributed by atoms with E-state index in [-0.39, 0.29) is 22.9 Å². The largest absolute Gasteiger partial charge is 0.431 e. The summed E-state index contributed by atoms with van der Waals surface area (Å²) < 4.78 is 7.05. The van der Waals surface area contributed by atoms with Crippen LogP contribution in [0.1, 0.15) is 27.2 Å². The molecule has 0 saturated carbocycles. The van der Waals surface area contributed by atoms with E-state index in [4.69, 9.17) is 4.74 Å². The summed E-state index contributed by atoms with van der Waals surface area (Å²) in [5, 5.41) is 15.3. The van der Waals surface area contributed by atoms with E-state index in [2.05, 4.69) is 5.10 Å². The van der Waals surface area contributed by atoms with E-state index in [0.29, 0.717) is 17.5 Å². The Morgan fingerprint density at radius 3 is 2.57 bits per heavy atom. The van der Waals surface area contributed by atoms with Crippen LogP contribution < -0.4 is 4.74 Å². The number of aromatic nitrogens is 2. The molecule has 0 aliphatic heterocycles. The van der Waals surface area contributed by atoms with E-state index >= 15 is 0 Å². The molecule has 1 heterocycles. The molecule has 0 atom stereocenters. The van der Waals surface area contributed by atoms with E-state index in [9.17, 15) is 14.9 Å². The quantitative estimate of drug-likeness (QED) is 0.490. The number of nitro benzene ring substituents is 1. The lowest BCUT2D eigenvalue weighted by atomic mass is 10.1. The average molecular weight is 289 g/mol. The third kappa shape index (κ3) is 2.62. The number of hydrogen-bond donors (Lipinski definition) is 0. The van der Waals surface area contributed by atoms with Crippen molar-refractivity contribution in [1.82, 2.24) is 9.78 Å². The van der Waals surface area contributed by atoms with Crippen LogP contribution in [0.25, 0.3) is 0 Å². The van der Waals surface area contributed by atoms with Gasteiger partial charge in [-0.25, -0.2) is 4.68 Å². The summed E-state index contributed by atoms with van der Waals surface area (Å²) in [5.74, 6) is 0.314. The molecule has 1 aromatic heterocycles. The molecule has 21 heavy (non-hydrogen) atoms. The van der Waals surface area contributed by atoms with E-state index in [1.165, 1.54) is 10.7 Å². The fraction of sp³-hybridized carbons (Fsp3) is 0.286. The normalized spacial score (nSPS) is 10.5.